The minimum atomic E-state index is -1.08. The molecule has 1 amide bonds. The number of carbonyl (C=O) groups is 2. The molecule has 4 aromatic carbocycles. The fourth-order valence-electron chi connectivity index (χ4n) is 4.60. The van der Waals surface area contributed by atoms with Crippen LogP contribution < -0.4 is 18.9 Å². The Bertz CT molecular complexity index is 1550. The maximum absolute atomic E-state index is 13.9. The molecule has 4 rings (SSSR count). The number of benzene rings is 4. The van der Waals surface area contributed by atoms with Gasteiger partial charge >= 0.3 is 5.97 Å². The van der Waals surface area contributed by atoms with Crippen LogP contribution >= 0.6 is 23.2 Å². The summed E-state index contributed by atoms with van der Waals surface area (Å²) < 4.78 is 22.2. The van der Waals surface area contributed by atoms with Gasteiger partial charge < -0.3 is 29.0 Å². The number of carboxylic acid groups (broad SMARTS) is 1. The molecule has 0 atom stereocenters. The van der Waals surface area contributed by atoms with Crippen molar-refractivity contribution in [3.05, 3.63) is 111 Å². The third-order valence-corrected chi connectivity index (χ3v) is 7.47. The number of methoxy groups -OCH3 is 3. The number of aromatic carboxylic acids is 1. The number of hydrogen-bond donors (Lipinski definition) is 1. The lowest BCUT2D eigenvalue weighted by atomic mass is 10.1. The molecule has 0 fully saturated rings. The molecule has 1 N–H and O–H groups in total. The molecule has 0 unspecified atom stereocenters. The van der Waals surface area contributed by atoms with Gasteiger partial charge in [-0.2, -0.15) is 0 Å². The topological polar surface area (TPSA) is 94.5 Å². The molecule has 0 heterocycles. The van der Waals surface area contributed by atoms with E-state index in [1.54, 1.807) is 65.6 Å². The summed E-state index contributed by atoms with van der Waals surface area (Å²) in [5, 5.41) is 10.6. The molecular weight excluding hydrogens is 593 g/mol. The first-order valence-electron chi connectivity index (χ1n) is 13.4. The molecule has 8 nitrogen and oxygen atoms in total. The molecule has 0 saturated carbocycles. The van der Waals surface area contributed by atoms with E-state index in [0.717, 1.165) is 11.1 Å². The van der Waals surface area contributed by atoms with Gasteiger partial charge in [0.15, 0.2) is 11.5 Å². The van der Waals surface area contributed by atoms with Crippen molar-refractivity contribution in [3.8, 4) is 28.7 Å². The standard InChI is InChI=1S/C33H31Cl2NO7/c1-40-29-18-22(19-30(41-2)31(29)42-3)32(37)36(17-7-9-24-26(34)10-6-11-27(24)35)20-21-13-15-23(16-14-21)43-28-12-5-4-8-25(28)33(38)39/h4-6,8,10-16,18-19H,7,9,17,20H2,1-3H3,(H,38,39). The zero-order valence-corrected chi connectivity index (χ0v) is 25.4. The van der Waals surface area contributed by atoms with Gasteiger partial charge in [-0.1, -0.05) is 53.5 Å². The van der Waals surface area contributed by atoms with Crippen molar-refractivity contribution in [1.29, 1.82) is 0 Å². The Labute approximate surface area is 260 Å². The fraction of sp³-hybridized carbons (Fsp3) is 0.212. The average Bonchev–Trinajstić information content (AvgIpc) is 3.01. The number of carboxylic acids is 1. The first kappa shape index (κ1) is 31.5. The van der Waals surface area contributed by atoms with Crippen LogP contribution in [0, 0.1) is 0 Å². The minimum absolute atomic E-state index is 0.0623. The van der Waals surface area contributed by atoms with Crippen molar-refractivity contribution < 1.29 is 33.6 Å². The Morgan fingerprint density at radius 2 is 1.42 bits per heavy atom. The smallest absolute Gasteiger partial charge is 0.339 e. The molecule has 0 aromatic heterocycles. The summed E-state index contributed by atoms with van der Waals surface area (Å²) in [6.45, 7) is 0.693. The van der Waals surface area contributed by atoms with Crippen molar-refractivity contribution in [2.45, 2.75) is 19.4 Å². The number of hydrogen-bond acceptors (Lipinski definition) is 6. The quantitative estimate of drug-likeness (QED) is 0.162. The van der Waals surface area contributed by atoms with Gasteiger partial charge in [-0.25, -0.2) is 4.79 Å². The number of amides is 1. The maximum Gasteiger partial charge on any atom is 0.339 e. The number of ether oxygens (including phenoxy) is 4. The van der Waals surface area contributed by atoms with Crippen LogP contribution in [0.25, 0.3) is 0 Å². The maximum atomic E-state index is 13.9. The van der Waals surface area contributed by atoms with Gasteiger partial charge in [0.1, 0.15) is 17.1 Å². The van der Waals surface area contributed by atoms with Gasteiger partial charge in [-0.05, 0) is 72.5 Å². The van der Waals surface area contributed by atoms with E-state index in [1.165, 1.54) is 27.4 Å². The Kier molecular flexibility index (Phi) is 10.8. The number of rotatable bonds is 13. The SMILES string of the molecule is COc1cc(C(=O)N(CCCc2c(Cl)cccc2Cl)Cc2ccc(Oc3ccccc3C(=O)O)cc2)cc(OC)c1OC. The van der Waals surface area contributed by atoms with E-state index in [4.69, 9.17) is 42.1 Å². The Balaban J connectivity index is 1.58. The van der Waals surface area contributed by atoms with Crippen LogP contribution in [0.15, 0.2) is 78.9 Å². The number of halogens is 2. The lowest BCUT2D eigenvalue weighted by Crippen LogP contribution is -2.32. The highest BCUT2D eigenvalue weighted by molar-refractivity contribution is 6.36. The van der Waals surface area contributed by atoms with Crippen LogP contribution in [0.2, 0.25) is 10.0 Å². The van der Waals surface area contributed by atoms with Crippen LogP contribution in [0.1, 0.15) is 38.3 Å². The summed E-state index contributed by atoms with van der Waals surface area (Å²) in [4.78, 5) is 27.2. The predicted octanol–water partition coefficient (Wildman–Crippen LogP) is 7.78. The molecule has 43 heavy (non-hydrogen) atoms. The second kappa shape index (κ2) is 14.7. The summed E-state index contributed by atoms with van der Waals surface area (Å²) in [5.74, 6) is 0.522. The van der Waals surface area contributed by atoms with Crippen molar-refractivity contribution in [1.82, 2.24) is 4.90 Å². The summed E-state index contributed by atoms with van der Waals surface area (Å²) in [6, 6.07) is 22.2. The average molecular weight is 625 g/mol. The minimum Gasteiger partial charge on any atom is -0.493 e. The predicted molar refractivity (Wildman–Crippen MR) is 166 cm³/mol. The summed E-state index contributed by atoms with van der Waals surface area (Å²) in [6.07, 6.45) is 1.18. The molecule has 0 radical (unpaired) electrons. The molecule has 0 saturated heterocycles. The summed E-state index contributed by atoms with van der Waals surface area (Å²) in [7, 11) is 4.49. The highest BCUT2D eigenvalue weighted by atomic mass is 35.5. The molecule has 0 aliphatic rings. The summed E-state index contributed by atoms with van der Waals surface area (Å²) >= 11 is 12.8. The third kappa shape index (κ3) is 7.71. The second-order valence-corrected chi connectivity index (χ2v) is 10.3. The Hall–Kier alpha value is -4.40. The van der Waals surface area contributed by atoms with Gasteiger partial charge in [-0.15, -0.1) is 0 Å². The zero-order valence-electron chi connectivity index (χ0n) is 23.9. The monoisotopic (exact) mass is 623 g/mol. The molecule has 0 aliphatic carbocycles. The van der Waals surface area contributed by atoms with Crippen LogP contribution in [-0.4, -0.2) is 49.8 Å². The van der Waals surface area contributed by atoms with Crippen molar-refractivity contribution in [2.75, 3.05) is 27.9 Å². The van der Waals surface area contributed by atoms with Crippen molar-refractivity contribution in [2.24, 2.45) is 0 Å². The van der Waals surface area contributed by atoms with E-state index >= 15 is 0 Å². The highest BCUT2D eigenvalue weighted by Gasteiger charge is 2.22. The fourth-order valence-corrected chi connectivity index (χ4v) is 5.19. The van der Waals surface area contributed by atoms with Gasteiger partial charge in [0, 0.05) is 28.7 Å². The van der Waals surface area contributed by atoms with Gasteiger partial charge in [0.05, 0.1) is 21.3 Å². The van der Waals surface area contributed by atoms with E-state index in [9.17, 15) is 14.7 Å². The van der Waals surface area contributed by atoms with Gasteiger partial charge in [-0.3, -0.25) is 4.79 Å². The van der Waals surface area contributed by atoms with E-state index in [1.807, 2.05) is 12.1 Å². The van der Waals surface area contributed by atoms with Crippen molar-refractivity contribution >= 4 is 35.1 Å². The normalized spacial score (nSPS) is 10.6. The van der Waals surface area contributed by atoms with Crippen LogP contribution in [0.4, 0.5) is 0 Å². The number of carbonyl (C=O) groups excluding carboxylic acids is 1. The van der Waals surface area contributed by atoms with E-state index in [2.05, 4.69) is 0 Å². The van der Waals surface area contributed by atoms with E-state index in [-0.39, 0.29) is 23.8 Å². The lowest BCUT2D eigenvalue weighted by molar-refractivity contribution is 0.0692. The Morgan fingerprint density at radius 3 is 2.00 bits per heavy atom. The largest absolute Gasteiger partial charge is 0.493 e. The number of para-hydroxylation sites is 1. The van der Waals surface area contributed by atoms with Crippen molar-refractivity contribution in [3.63, 3.8) is 0 Å². The molecule has 0 bridgehead atoms. The first-order valence-corrected chi connectivity index (χ1v) is 14.1. The first-order chi connectivity index (χ1) is 20.7. The second-order valence-electron chi connectivity index (χ2n) is 9.49. The van der Waals surface area contributed by atoms with Gasteiger partial charge in [0.2, 0.25) is 5.75 Å². The highest BCUT2D eigenvalue weighted by Crippen LogP contribution is 2.38. The van der Waals surface area contributed by atoms with Gasteiger partial charge in [0.25, 0.3) is 5.91 Å². The summed E-state index contributed by atoms with van der Waals surface area (Å²) in [5.41, 5.74) is 2.10. The molecule has 10 heteroatoms. The van der Waals surface area contributed by atoms with E-state index < -0.39 is 5.97 Å². The van der Waals surface area contributed by atoms with Crippen LogP contribution in [-0.2, 0) is 13.0 Å². The number of nitrogens with zero attached hydrogens (tertiary/aromatic N) is 1. The molecular formula is C33H31Cl2NO7. The third-order valence-electron chi connectivity index (χ3n) is 6.76. The zero-order chi connectivity index (χ0) is 30.9. The Morgan fingerprint density at radius 1 is 0.791 bits per heavy atom. The lowest BCUT2D eigenvalue weighted by Gasteiger charge is -2.24. The van der Waals surface area contributed by atoms with Crippen LogP contribution in [0.3, 0.4) is 0 Å². The van der Waals surface area contributed by atoms with E-state index in [0.29, 0.717) is 58.0 Å². The molecule has 0 aliphatic heterocycles. The molecule has 224 valence electrons. The van der Waals surface area contributed by atoms with Crippen LogP contribution in [0.5, 0.6) is 28.7 Å². The molecule has 4 aromatic rings. The molecule has 0 spiro atoms.